The number of pyridine rings is 1. The summed E-state index contributed by atoms with van der Waals surface area (Å²) in [6.45, 7) is 0.761. The van der Waals surface area contributed by atoms with E-state index in [0.717, 1.165) is 17.9 Å². The van der Waals surface area contributed by atoms with Crippen molar-refractivity contribution < 1.29 is 17.9 Å². The standard InChI is InChI=1S/C23H19F3N4O/c1-30(12-13-31-18-7-3-2-4-8-18)22-19-14-17(23(24,25)26)9-10-20(19)28-21(29-22)16-6-5-11-27-15-16/h2-11,14-15H,12-13H2,1H3. The van der Waals surface area contributed by atoms with Gasteiger partial charge in [0.2, 0.25) is 0 Å². The van der Waals surface area contributed by atoms with Crippen molar-refractivity contribution in [3.8, 4) is 17.1 Å². The zero-order chi connectivity index (χ0) is 21.8. The first-order chi connectivity index (χ1) is 14.9. The minimum atomic E-state index is -4.46. The molecule has 0 saturated heterocycles. The van der Waals surface area contributed by atoms with Crippen molar-refractivity contribution >= 4 is 16.7 Å². The summed E-state index contributed by atoms with van der Waals surface area (Å²) in [5.41, 5.74) is 0.361. The van der Waals surface area contributed by atoms with E-state index in [-0.39, 0.29) is 0 Å². The number of anilines is 1. The van der Waals surface area contributed by atoms with Gasteiger partial charge in [0.05, 0.1) is 17.6 Å². The molecule has 2 heterocycles. The number of nitrogens with zero attached hydrogens (tertiary/aromatic N) is 4. The van der Waals surface area contributed by atoms with Crippen LogP contribution < -0.4 is 9.64 Å². The average molecular weight is 424 g/mol. The molecule has 0 aliphatic rings. The molecule has 4 rings (SSSR count). The maximum Gasteiger partial charge on any atom is 0.416 e. The van der Waals surface area contributed by atoms with Gasteiger partial charge in [0.1, 0.15) is 18.2 Å². The van der Waals surface area contributed by atoms with Crippen LogP contribution in [-0.4, -0.2) is 35.2 Å². The largest absolute Gasteiger partial charge is 0.492 e. The summed E-state index contributed by atoms with van der Waals surface area (Å²) in [6, 6.07) is 16.4. The molecular formula is C23H19F3N4O. The summed E-state index contributed by atoms with van der Waals surface area (Å²) in [5, 5.41) is 0.324. The topological polar surface area (TPSA) is 51.1 Å². The third kappa shape index (κ3) is 4.74. The second-order valence-corrected chi connectivity index (χ2v) is 6.93. The number of hydrogen-bond donors (Lipinski definition) is 0. The number of alkyl halides is 3. The van der Waals surface area contributed by atoms with E-state index >= 15 is 0 Å². The number of halogens is 3. The molecular weight excluding hydrogens is 405 g/mol. The first-order valence-electron chi connectivity index (χ1n) is 9.60. The van der Waals surface area contributed by atoms with Crippen LogP contribution in [0.3, 0.4) is 0 Å². The highest BCUT2D eigenvalue weighted by Gasteiger charge is 2.31. The van der Waals surface area contributed by atoms with Gasteiger partial charge >= 0.3 is 6.18 Å². The summed E-state index contributed by atoms with van der Waals surface area (Å²) in [4.78, 5) is 14.9. The molecule has 2 aromatic heterocycles. The lowest BCUT2D eigenvalue weighted by molar-refractivity contribution is -0.137. The van der Waals surface area contributed by atoms with Gasteiger partial charge in [-0.2, -0.15) is 13.2 Å². The Bertz CT molecular complexity index is 1170. The number of hydrogen-bond acceptors (Lipinski definition) is 5. The lowest BCUT2D eigenvalue weighted by Crippen LogP contribution is -2.25. The molecule has 0 aliphatic heterocycles. The molecule has 0 amide bonds. The van der Waals surface area contributed by atoms with E-state index in [0.29, 0.717) is 41.3 Å². The molecule has 2 aromatic carbocycles. The Morgan fingerprint density at radius 3 is 2.48 bits per heavy atom. The first-order valence-corrected chi connectivity index (χ1v) is 9.60. The SMILES string of the molecule is CN(CCOc1ccccc1)c1nc(-c2cccnc2)nc2ccc(C(F)(F)F)cc12. The number of rotatable bonds is 6. The molecule has 0 bridgehead atoms. The van der Waals surface area contributed by atoms with Crippen LogP contribution in [-0.2, 0) is 6.18 Å². The first kappa shape index (κ1) is 20.6. The van der Waals surface area contributed by atoms with Crippen LogP contribution in [0.4, 0.5) is 19.0 Å². The van der Waals surface area contributed by atoms with Crippen molar-refractivity contribution in [2.24, 2.45) is 0 Å². The maximum absolute atomic E-state index is 13.3. The van der Waals surface area contributed by atoms with Crippen molar-refractivity contribution in [1.29, 1.82) is 0 Å². The van der Waals surface area contributed by atoms with Gasteiger partial charge in [-0.05, 0) is 42.5 Å². The quantitative estimate of drug-likeness (QED) is 0.425. The third-order valence-corrected chi connectivity index (χ3v) is 4.72. The molecule has 0 unspecified atom stereocenters. The molecule has 5 nitrogen and oxygen atoms in total. The summed E-state index contributed by atoms with van der Waals surface area (Å²) in [5.74, 6) is 1.51. The summed E-state index contributed by atoms with van der Waals surface area (Å²) in [6.07, 6.45) is -1.20. The van der Waals surface area contributed by atoms with Gasteiger partial charge in [-0.15, -0.1) is 0 Å². The fourth-order valence-corrected chi connectivity index (χ4v) is 3.13. The Kier molecular flexibility index (Phi) is 5.70. The number of benzene rings is 2. The summed E-state index contributed by atoms with van der Waals surface area (Å²) >= 11 is 0. The summed E-state index contributed by atoms with van der Waals surface area (Å²) < 4.78 is 45.6. The number of likely N-dealkylation sites (N-methyl/N-ethyl adjacent to an activating group) is 1. The highest BCUT2D eigenvalue weighted by Crippen LogP contribution is 2.34. The number of aromatic nitrogens is 3. The van der Waals surface area contributed by atoms with Gasteiger partial charge in [0, 0.05) is 30.4 Å². The minimum absolute atomic E-state index is 0.324. The van der Waals surface area contributed by atoms with Crippen molar-refractivity contribution in [3.05, 3.63) is 78.6 Å². The molecule has 0 saturated carbocycles. The van der Waals surface area contributed by atoms with Gasteiger partial charge < -0.3 is 9.64 Å². The van der Waals surface area contributed by atoms with Gasteiger partial charge in [-0.3, -0.25) is 4.98 Å². The lowest BCUT2D eigenvalue weighted by Gasteiger charge is -2.21. The Morgan fingerprint density at radius 2 is 1.77 bits per heavy atom. The van der Waals surface area contributed by atoms with Gasteiger partial charge in [-0.25, -0.2) is 9.97 Å². The number of para-hydroxylation sites is 1. The predicted octanol–water partition coefficient (Wildman–Crippen LogP) is 5.23. The highest BCUT2D eigenvalue weighted by molar-refractivity contribution is 5.91. The van der Waals surface area contributed by atoms with E-state index in [4.69, 9.17) is 4.74 Å². The van der Waals surface area contributed by atoms with Crippen LogP contribution in [0.25, 0.3) is 22.3 Å². The molecule has 0 aliphatic carbocycles. The van der Waals surface area contributed by atoms with Crippen LogP contribution in [0.1, 0.15) is 5.56 Å². The van der Waals surface area contributed by atoms with Gasteiger partial charge in [0.15, 0.2) is 5.82 Å². The molecule has 0 fully saturated rings. The van der Waals surface area contributed by atoms with Crippen LogP contribution in [0.15, 0.2) is 73.1 Å². The van der Waals surface area contributed by atoms with Crippen LogP contribution in [0.5, 0.6) is 5.75 Å². The van der Waals surface area contributed by atoms with Crippen molar-refractivity contribution in [1.82, 2.24) is 15.0 Å². The molecule has 8 heteroatoms. The third-order valence-electron chi connectivity index (χ3n) is 4.72. The molecule has 0 atom stereocenters. The lowest BCUT2D eigenvalue weighted by atomic mass is 10.1. The molecule has 0 radical (unpaired) electrons. The fourth-order valence-electron chi connectivity index (χ4n) is 3.13. The molecule has 158 valence electrons. The normalized spacial score (nSPS) is 11.5. The van der Waals surface area contributed by atoms with E-state index in [1.165, 1.54) is 6.07 Å². The predicted molar refractivity (Wildman–Crippen MR) is 113 cm³/mol. The molecule has 4 aromatic rings. The van der Waals surface area contributed by atoms with E-state index in [2.05, 4.69) is 15.0 Å². The Balaban J connectivity index is 1.70. The smallest absolute Gasteiger partial charge is 0.416 e. The highest BCUT2D eigenvalue weighted by atomic mass is 19.4. The van der Waals surface area contributed by atoms with Crippen LogP contribution >= 0.6 is 0 Å². The second-order valence-electron chi connectivity index (χ2n) is 6.93. The van der Waals surface area contributed by atoms with Crippen molar-refractivity contribution in [2.45, 2.75) is 6.18 Å². The molecule has 31 heavy (non-hydrogen) atoms. The Hall–Kier alpha value is -3.68. The van der Waals surface area contributed by atoms with Gasteiger partial charge in [-0.1, -0.05) is 18.2 Å². The van der Waals surface area contributed by atoms with Crippen LogP contribution in [0.2, 0.25) is 0 Å². The number of ether oxygens (including phenoxy) is 1. The molecule has 0 N–H and O–H groups in total. The monoisotopic (exact) mass is 424 g/mol. The van der Waals surface area contributed by atoms with E-state index in [9.17, 15) is 13.2 Å². The number of fused-ring (bicyclic) bond motifs is 1. The Morgan fingerprint density at radius 1 is 0.968 bits per heavy atom. The fraction of sp³-hybridized carbons (Fsp3) is 0.174. The Labute approximate surface area is 177 Å². The maximum atomic E-state index is 13.3. The average Bonchev–Trinajstić information content (AvgIpc) is 2.78. The zero-order valence-corrected chi connectivity index (χ0v) is 16.7. The van der Waals surface area contributed by atoms with E-state index < -0.39 is 11.7 Å². The van der Waals surface area contributed by atoms with Crippen molar-refractivity contribution in [2.75, 3.05) is 25.1 Å². The van der Waals surface area contributed by atoms with Crippen molar-refractivity contribution in [3.63, 3.8) is 0 Å². The van der Waals surface area contributed by atoms with E-state index in [1.54, 1.807) is 36.5 Å². The molecule has 0 spiro atoms. The zero-order valence-electron chi connectivity index (χ0n) is 16.7. The van der Waals surface area contributed by atoms with E-state index in [1.807, 2.05) is 30.3 Å². The second kappa shape index (κ2) is 8.59. The van der Waals surface area contributed by atoms with Crippen LogP contribution in [0, 0.1) is 0 Å². The summed E-state index contributed by atoms with van der Waals surface area (Å²) in [7, 11) is 1.77. The van der Waals surface area contributed by atoms with Gasteiger partial charge in [0.25, 0.3) is 0 Å². The minimum Gasteiger partial charge on any atom is -0.492 e.